The summed E-state index contributed by atoms with van der Waals surface area (Å²) in [6.07, 6.45) is 1.11. The highest BCUT2D eigenvalue weighted by Gasteiger charge is 2.46. The first-order chi connectivity index (χ1) is 7.60. The molecule has 0 aromatic carbocycles. The highest BCUT2D eigenvalue weighted by molar-refractivity contribution is 6.62. The van der Waals surface area contributed by atoms with Gasteiger partial charge in [0.2, 0.25) is 0 Å². The molecule has 6 heteroatoms. The number of hydrogen-bond acceptors (Lipinski definition) is 5. The summed E-state index contributed by atoms with van der Waals surface area (Å²) in [5.41, 5.74) is 0.0987. The molecule has 0 radical (unpaired) electrons. The maximum absolute atomic E-state index is 5.47. The van der Waals surface area contributed by atoms with E-state index in [1.165, 1.54) is 0 Å². The van der Waals surface area contributed by atoms with Crippen LogP contribution in [0.5, 0.6) is 0 Å². The first-order valence-electron chi connectivity index (χ1n) is 5.75. The van der Waals surface area contributed by atoms with Gasteiger partial charge in [-0.1, -0.05) is 13.8 Å². The Morgan fingerprint density at radius 1 is 1.06 bits per heavy atom. The lowest BCUT2D eigenvalue weighted by Crippen LogP contribution is -2.63. The standard InChI is InChI=1S/C10H26N2O3Si/c1-7-10(12-9(3)11-8-2)16(13-4,14-5)15-6/h9-12H,7-8H2,1-6H3. The van der Waals surface area contributed by atoms with Gasteiger partial charge in [0, 0.05) is 21.3 Å². The number of rotatable bonds is 9. The molecule has 0 saturated carbocycles. The monoisotopic (exact) mass is 250 g/mol. The van der Waals surface area contributed by atoms with Crippen molar-refractivity contribution in [2.24, 2.45) is 0 Å². The van der Waals surface area contributed by atoms with Crippen molar-refractivity contribution in [3.05, 3.63) is 0 Å². The van der Waals surface area contributed by atoms with Gasteiger partial charge >= 0.3 is 8.80 Å². The van der Waals surface area contributed by atoms with E-state index >= 15 is 0 Å². The largest absolute Gasteiger partial charge is 0.518 e. The van der Waals surface area contributed by atoms with Crippen LogP contribution in [-0.2, 0) is 13.3 Å². The molecule has 0 aliphatic carbocycles. The zero-order chi connectivity index (χ0) is 12.6. The quantitative estimate of drug-likeness (QED) is 0.467. The van der Waals surface area contributed by atoms with Gasteiger partial charge in [-0.05, 0) is 19.9 Å². The molecule has 0 heterocycles. The van der Waals surface area contributed by atoms with Crippen LogP contribution >= 0.6 is 0 Å². The zero-order valence-corrected chi connectivity index (χ0v) is 12.3. The van der Waals surface area contributed by atoms with E-state index in [2.05, 4.69) is 31.4 Å². The van der Waals surface area contributed by atoms with Crippen molar-refractivity contribution in [3.63, 3.8) is 0 Å². The van der Waals surface area contributed by atoms with Crippen LogP contribution in [0.1, 0.15) is 27.2 Å². The van der Waals surface area contributed by atoms with Crippen LogP contribution in [0, 0.1) is 0 Å². The van der Waals surface area contributed by atoms with Crippen molar-refractivity contribution in [2.75, 3.05) is 27.9 Å². The Labute approximate surface area is 100 Å². The lowest BCUT2D eigenvalue weighted by Gasteiger charge is -2.34. The van der Waals surface area contributed by atoms with E-state index in [1.807, 2.05) is 0 Å². The molecule has 0 rings (SSSR count). The van der Waals surface area contributed by atoms with Crippen molar-refractivity contribution in [2.45, 2.75) is 39.0 Å². The van der Waals surface area contributed by atoms with E-state index in [0.29, 0.717) is 0 Å². The van der Waals surface area contributed by atoms with Gasteiger partial charge in [0.25, 0.3) is 0 Å². The summed E-state index contributed by atoms with van der Waals surface area (Å²) in [6.45, 7) is 7.17. The summed E-state index contributed by atoms with van der Waals surface area (Å²) < 4.78 is 16.4. The van der Waals surface area contributed by atoms with Crippen LogP contribution < -0.4 is 10.6 Å². The van der Waals surface area contributed by atoms with Crippen LogP contribution in [0.25, 0.3) is 0 Å². The molecule has 0 aromatic rings. The molecule has 2 unspecified atom stereocenters. The van der Waals surface area contributed by atoms with E-state index in [-0.39, 0.29) is 11.8 Å². The first-order valence-corrected chi connectivity index (χ1v) is 7.55. The second-order valence-corrected chi connectivity index (χ2v) is 6.75. The SMILES string of the molecule is CCNC(C)NC(CC)[Si](OC)(OC)OC. The Kier molecular flexibility index (Phi) is 8.17. The summed E-state index contributed by atoms with van der Waals surface area (Å²) in [4.78, 5) is 0. The summed E-state index contributed by atoms with van der Waals surface area (Å²) in [7, 11) is 2.33. The van der Waals surface area contributed by atoms with Gasteiger partial charge in [-0.15, -0.1) is 0 Å². The molecule has 0 amide bonds. The second kappa shape index (κ2) is 8.16. The second-order valence-electron chi connectivity index (χ2n) is 3.62. The third-order valence-electron chi connectivity index (χ3n) is 2.65. The number of nitrogens with one attached hydrogen (secondary N) is 2. The smallest absolute Gasteiger partial charge is 0.376 e. The molecule has 5 nitrogen and oxygen atoms in total. The van der Waals surface area contributed by atoms with Gasteiger partial charge in [0.15, 0.2) is 0 Å². The van der Waals surface area contributed by atoms with Crippen LogP contribution in [0.2, 0.25) is 0 Å². The van der Waals surface area contributed by atoms with Gasteiger partial charge < -0.3 is 18.6 Å². The molecule has 0 aliphatic heterocycles. The summed E-state index contributed by atoms with van der Waals surface area (Å²) in [6, 6.07) is 0. The van der Waals surface area contributed by atoms with E-state index in [0.717, 1.165) is 13.0 Å². The fourth-order valence-electron chi connectivity index (χ4n) is 1.81. The average Bonchev–Trinajstić information content (AvgIpc) is 2.30. The fraction of sp³-hybridized carbons (Fsp3) is 1.00. The van der Waals surface area contributed by atoms with Crippen LogP contribution in [-0.4, -0.2) is 48.5 Å². The third kappa shape index (κ3) is 4.12. The summed E-state index contributed by atoms with van der Waals surface area (Å²) >= 11 is 0. The molecule has 98 valence electrons. The minimum atomic E-state index is -2.59. The Bertz CT molecular complexity index is 171. The minimum Gasteiger partial charge on any atom is -0.376 e. The van der Waals surface area contributed by atoms with Crippen molar-refractivity contribution in [3.8, 4) is 0 Å². The topological polar surface area (TPSA) is 51.8 Å². The Morgan fingerprint density at radius 2 is 1.56 bits per heavy atom. The van der Waals surface area contributed by atoms with Crippen molar-refractivity contribution in [1.29, 1.82) is 0 Å². The van der Waals surface area contributed by atoms with Gasteiger partial charge in [-0.25, -0.2) is 0 Å². The third-order valence-corrected chi connectivity index (χ3v) is 5.79. The van der Waals surface area contributed by atoms with Crippen molar-refractivity contribution in [1.82, 2.24) is 10.6 Å². The first kappa shape index (κ1) is 16.0. The lowest BCUT2D eigenvalue weighted by molar-refractivity contribution is 0.103. The van der Waals surface area contributed by atoms with E-state index in [9.17, 15) is 0 Å². The maximum atomic E-state index is 5.47. The zero-order valence-electron chi connectivity index (χ0n) is 11.3. The van der Waals surface area contributed by atoms with E-state index in [4.69, 9.17) is 13.3 Å². The molecule has 2 N–H and O–H groups in total. The van der Waals surface area contributed by atoms with E-state index < -0.39 is 8.80 Å². The lowest BCUT2D eigenvalue weighted by atomic mass is 10.4. The van der Waals surface area contributed by atoms with Crippen molar-refractivity contribution >= 4 is 8.80 Å². The highest BCUT2D eigenvalue weighted by Crippen LogP contribution is 2.14. The summed E-state index contributed by atoms with van der Waals surface area (Å²) in [5, 5.41) is 6.74. The predicted octanol–water partition coefficient (Wildman–Crippen LogP) is 0.727. The molecule has 0 aliphatic rings. The van der Waals surface area contributed by atoms with Gasteiger partial charge in [-0.3, -0.25) is 5.32 Å². The minimum absolute atomic E-state index is 0.0987. The number of hydrogen-bond donors (Lipinski definition) is 2. The fourth-order valence-corrected chi connectivity index (χ4v) is 4.12. The van der Waals surface area contributed by atoms with Crippen LogP contribution in [0.3, 0.4) is 0 Å². The van der Waals surface area contributed by atoms with Gasteiger partial charge in [-0.2, -0.15) is 0 Å². The Hall–Kier alpha value is 0.0169. The molecule has 0 aromatic heterocycles. The molecular weight excluding hydrogens is 224 g/mol. The Morgan fingerprint density at radius 3 is 1.88 bits per heavy atom. The van der Waals surface area contributed by atoms with Crippen molar-refractivity contribution < 1.29 is 13.3 Å². The maximum Gasteiger partial charge on any atom is 0.518 e. The molecule has 0 saturated heterocycles. The van der Waals surface area contributed by atoms with E-state index in [1.54, 1.807) is 21.3 Å². The average molecular weight is 250 g/mol. The summed E-state index contributed by atoms with van der Waals surface area (Å²) in [5.74, 6) is 0. The molecule has 0 bridgehead atoms. The Balaban J connectivity index is 4.54. The molecule has 16 heavy (non-hydrogen) atoms. The molecule has 0 spiro atoms. The molecule has 2 atom stereocenters. The predicted molar refractivity (Wildman–Crippen MR) is 67.1 cm³/mol. The molecule has 0 fully saturated rings. The molecular formula is C10H26N2O3Si. The highest BCUT2D eigenvalue weighted by atomic mass is 28.4. The van der Waals surface area contributed by atoms with Gasteiger partial charge in [0.05, 0.1) is 11.8 Å². The van der Waals surface area contributed by atoms with Crippen LogP contribution in [0.4, 0.5) is 0 Å². The van der Waals surface area contributed by atoms with Gasteiger partial charge in [0.1, 0.15) is 0 Å². The normalized spacial score (nSPS) is 16.1. The van der Waals surface area contributed by atoms with Crippen LogP contribution in [0.15, 0.2) is 0 Å².